The fourth-order valence-corrected chi connectivity index (χ4v) is 4.12. The first-order chi connectivity index (χ1) is 8.87. The minimum atomic E-state index is -2.84. The number of benzene rings is 1. The second-order valence-corrected chi connectivity index (χ2v) is 8.28. The molecule has 1 heterocycles. The van der Waals surface area contributed by atoms with Crippen molar-refractivity contribution in [3.63, 3.8) is 0 Å². The topological polar surface area (TPSA) is 72.2 Å². The molecule has 19 heavy (non-hydrogen) atoms. The molecule has 0 radical (unpaired) electrons. The summed E-state index contributed by atoms with van der Waals surface area (Å²) < 4.78 is 23.7. The van der Waals surface area contributed by atoms with Crippen LogP contribution in [0.5, 0.6) is 0 Å². The van der Waals surface area contributed by atoms with Gasteiger partial charge in [0.1, 0.15) is 14.8 Å². The summed E-state index contributed by atoms with van der Waals surface area (Å²) in [5.74, 6) is 0.479. The maximum absolute atomic E-state index is 11.4. The SMILES string of the molecule is NC(=S)c1cc(Br)ccc1NC1CCS(=O)(=O)CC1. The molecule has 1 aromatic carbocycles. The molecule has 1 aliphatic rings. The number of nitrogens with two attached hydrogens (primary N) is 1. The van der Waals surface area contributed by atoms with E-state index in [0.29, 0.717) is 17.8 Å². The number of anilines is 1. The van der Waals surface area contributed by atoms with Crippen LogP contribution in [0.3, 0.4) is 0 Å². The average molecular weight is 363 g/mol. The van der Waals surface area contributed by atoms with Crippen molar-refractivity contribution < 1.29 is 8.42 Å². The van der Waals surface area contributed by atoms with Crippen LogP contribution in [-0.2, 0) is 9.84 Å². The standard InChI is InChI=1S/C12H15BrN2O2S2/c13-8-1-2-11(10(7-8)12(14)18)15-9-3-5-19(16,17)6-4-9/h1-2,7,9,15H,3-6H2,(H2,14,18). The van der Waals surface area contributed by atoms with Crippen LogP contribution in [-0.4, -0.2) is 31.0 Å². The highest BCUT2D eigenvalue weighted by Crippen LogP contribution is 2.24. The summed E-state index contributed by atoms with van der Waals surface area (Å²) in [6, 6.07) is 5.83. The van der Waals surface area contributed by atoms with Gasteiger partial charge in [-0.05, 0) is 31.0 Å². The minimum Gasteiger partial charge on any atom is -0.389 e. The molecular formula is C12H15BrN2O2S2. The summed E-state index contributed by atoms with van der Waals surface area (Å²) in [4.78, 5) is 0.326. The zero-order chi connectivity index (χ0) is 14.0. The van der Waals surface area contributed by atoms with Crippen LogP contribution in [0, 0.1) is 0 Å². The van der Waals surface area contributed by atoms with Gasteiger partial charge >= 0.3 is 0 Å². The lowest BCUT2D eigenvalue weighted by Gasteiger charge is -2.25. The van der Waals surface area contributed by atoms with Crippen LogP contribution in [0.1, 0.15) is 18.4 Å². The van der Waals surface area contributed by atoms with E-state index in [1.165, 1.54) is 0 Å². The molecule has 0 amide bonds. The fraction of sp³-hybridized carbons (Fsp3) is 0.417. The summed E-state index contributed by atoms with van der Waals surface area (Å²) in [5, 5.41) is 3.34. The Morgan fingerprint density at radius 1 is 1.37 bits per heavy atom. The molecule has 0 unspecified atom stereocenters. The highest BCUT2D eigenvalue weighted by Gasteiger charge is 2.24. The molecule has 0 spiro atoms. The molecule has 0 aliphatic carbocycles. The monoisotopic (exact) mass is 362 g/mol. The van der Waals surface area contributed by atoms with Crippen LogP contribution in [0.4, 0.5) is 5.69 Å². The van der Waals surface area contributed by atoms with Crippen LogP contribution in [0.25, 0.3) is 0 Å². The number of sulfone groups is 1. The van der Waals surface area contributed by atoms with Crippen molar-refractivity contribution in [2.24, 2.45) is 5.73 Å². The summed E-state index contributed by atoms with van der Waals surface area (Å²) in [7, 11) is -2.84. The smallest absolute Gasteiger partial charge is 0.150 e. The highest BCUT2D eigenvalue weighted by atomic mass is 79.9. The number of hydrogen-bond acceptors (Lipinski definition) is 4. The van der Waals surface area contributed by atoms with Gasteiger partial charge in [0.2, 0.25) is 0 Å². The van der Waals surface area contributed by atoms with Crippen LogP contribution < -0.4 is 11.1 Å². The maximum Gasteiger partial charge on any atom is 0.150 e. The Morgan fingerprint density at radius 2 is 2.00 bits per heavy atom. The molecule has 104 valence electrons. The van der Waals surface area contributed by atoms with Crippen molar-refractivity contribution in [3.05, 3.63) is 28.2 Å². The Kier molecular flexibility index (Phi) is 4.47. The Bertz CT molecular complexity index is 588. The van der Waals surface area contributed by atoms with Crippen LogP contribution in [0.15, 0.2) is 22.7 Å². The lowest BCUT2D eigenvalue weighted by Crippen LogP contribution is -2.32. The molecule has 4 nitrogen and oxygen atoms in total. The normalized spacial score (nSPS) is 19.0. The van der Waals surface area contributed by atoms with E-state index in [9.17, 15) is 8.42 Å². The van der Waals surface area contributed by atoms with Gasteiger partial charge in [-0.15, -0.1) is 0 Å². The van der Waals surface area contributed by atoms with Gasteiger partial charge in [-0.1, -0.05) is 28.1 Å². The van der Waals surface area contributed by atoms with Gasteiger partial charge in [-0.25, -0.2) is 8.42 Å². The summed E-state index contributed by atoms with van der Waals surface area (Å²) in [6.45, 7) is 0. The molecule has 1 saturated heterocycles. The summed E-state index contributed by atoms with van der Waals surface area (Å²) in [6.07, 6.45) is 1.24. The molecule has 1 fully saturated rings. The van der Waals surface area contributed by atoms with Crippen LogP contribution in [0.2, 0.25) is 0 Å². The van der Waals surface area contributed by atoms with Gasteiger partial charge in [-0.3, -0.25) is 0 Å². The van der Waals surface area contributed by atoms with Crippen molar-refractivity contribution in [2.75, 3.05) is 16.8 Å². The fourth-order valence-electron chi connectivity index (χ4n) is 2.10. The minimum absolute atomic E-state index is 0.151. The van der Waals surface area contributed by atoms with E-state index >= 15 is 0 Å². The molecule has 1 aliphatic heterocycles. The Labute approximate surface area is 126 Å². The van der Waals surface area contributed by atoms with Gasteiger partial charge in [0.25, 0.3) is 0 Å². The molecule has 0 saturated carbocycles. The predicted molar refractivity (Wildman–Crippen MR) is 85.3 cm³/mol. The van der Waals surface area contributed by atoms with Crippen molar-refractivity contribution >= 4 is 48.7 Å². The van der Waals surface area contributed by atoms with Crippen molar-refractivity contribution in [1.29, 1.82) is 0 Å². The van der Waals surface area contributed by atoms with Crippen molar-refractivity contribution in [1.82, 2.24) is 0 Å². The third-order valence-electron chi connectivity index (χ3n) is 3.16. The lowest BCUT2D eigenvalue weighted by molar-refractivity contribution is 0.559. The van der Waals surface area contributed by atoms with Gasteiger partial charge in [0.05, 0.1) is 11.5 Å². The second kappa shape index (κ2) is 5.76. The van der Waals surface area contributed by atoms with E-state index in [2.05, 4.69) is 21.2 Å². The first kappa shape index (κ1) is 14.7. The van der Waals surface area contributed by atoms with E-state index in [0.717, 1.165) is 15.7 Å². The Balaban J connectivity index is 2.14. The molecule has 0 bridgehead atoms. The summed E-state index contributed by atoms with van der Waals surface area (Å²) >= 11 is 8.42. The van der Waals surface area contributed by atoms with Gasteiger partial charge in [0, 0.05) is 21.8 Å². The number of nitrogens with one attached hydrogen (secondary N) is 1. The van der Waals surface area contributed by atoms with Gasteiger partial charge < -0.3 is 11.1 Å². The molecule has 0 atom stereocenters. The predicted octanol–water partition coefficient (Wildman–Crippen LogP) is 2.07. The number of rotatable bonds is 3. The van der Waals surface area contributed by atoms with Gasteiger partial charge in [0.15, 0.2) is 0 Å². The molecular weight excluding hydrogens is 348 g/mol. The Morgan fingerprint density at radius 3 is 2.58 bits per heavy atom. The molecule has 1 aromatic rings. The molecule has 3 N–H and O–H groups in total. The average Bonchev–Trinajstić information content (AvgIpc) is 2.33. The van der Waals surface area contributed by atoms with E-state index in [4.69, 9.17) is 18.0 Å². The zero-order valence-electron chi connectivity index (χ0n) is 10.2. The quantitative estimate of drug-likeness (QED) is 0.805. The molecule has 7 heteroatoms. The van der Waals surface area contributed by atoms with Gasteiger partial charge in [-0.2, -0.15) is 0 Å². The first-order valence-electron chi connectivity index (χ1n) is 5.94. The lowest BCUT2D eigenvalue weighted by atomic mass is 10.1. The number of thiocarbonyl (C=S) groups is 1. The van der Waals surface area contributed by atoms with Crippen molar-refractivity contribution in [3.8, 4) is 0 Å². The third kappa shape index (κ3) is 3.90. The van der Waals surface area contributed by atoms with E-state index in [-0.39, 0.29) is 17.5 Å². The maximum atomic E-state index is 11.4. The van der Waals surface area contributed by atoms with Crippen LogP contribution >= 0.6 is 28.1 Å². The third-order valence-corrected chi connectivity index (χ3v) is 5.59. The van der Waals surface area contributed by atoms with E-state index in [1.54, 1.807) is 0 Å². The molecule has 0 aromatic heterocycles. The van der Waals surface area contributed by atoms with E-state index < -0.39 is 9.84 Å². The molecule has 2 rings (SSSR count). The Hall–Kier alpha value is -0.660. The van der Waals surface area contributed by atoms with E-state index in [1.807, 2.05) is 18.2 Å². The summed E-state index contributed by atoms with van der Waals surface area (Å²) in [5.41, 5.74) is 7.34. The second-order valence-electron chi connectivity index (χ2n) is 4.62. The van der Waals surface area contributed by atoms with Crippen molar-refractivity contribution in [2.45, 2.75) is 18.9 Å². The largest absolute Gasteiger partial charge is 0.389 e. The first-order valence-corrected chi connectivity index (χ1v) is 8.96. The highest BCUT2D eigenvalue weighted by molar-refractivity contribution is 9.10. The number of halogens is 1. The number of hydrogen-bond donors (Lipinski definition) is 2. The zero-order valence-corrected chi connectivity index (χ0v) is 13.4.